The molecule has 0 spiro atoms. The van der Waals surface area contributed by atoms with Crippen LogP contribution in [-0.4, -0.2) is 60.4 Å². The Hall–Kier alpha value is -4.42. The molecular weight excluding hydrogens is 586 g/mol. The fraction of sp³-hybridized carbons (Fsp3) is 0.344. The zero-order valence-electron chi connectivity index (χ0n) is 25.1. The number of pyridine rings is 2. The van der Waals surface area contributed by atoms with Crippen molar-refractivity contribution in [1.82, 2.24) is 13.9 Å². The van der Waals surface area contributed by atoms with Gasteiger partial charge in [0.2, 0.25) is 15.9 Å². The molecule has 1 fully saturated rings. The fourth-order valence-electron chi connectivity index (χ4n) is 5.05. The van der Waals surface area contributed by atoms with Crippen LogP contribution >= 0.6 is 0 Å². The number of carbonyl (C=O) groups excluding carboxylic acids is 1. The van der Waals surface area contributed by atoms with E-state index in [1.807, 2.05) is 24.3 Å². The molecule has 0 aliphatic heterocycles. The van der Waals surface area contributed by atoms with E-state index < -0.39 is 26.3 Å². The first-order valence-corrected chi connectivity index (χ1v) is 15.6. The lowest BCUT2D eigenvalue weighted by atomic mass is 10.2. The minimum absolute atomic E-state index is 0.104. The number of aryl methyl sites for hydroxylation is 1. The SMILES string of the molecule is CCOC(=O)c1cc2ccnc(OCC3(S(=O)(=O)N(Cc4ccc(OC)cc4)Cc4ccc(OC)cc4)CC3)c2n(C)c1=O. The van der Waals surface area contributed by atoms with Crippen molar-refractivity contribution in [3.63, 3.8) is 0 Å². The quantitative estimate of drug-likeness (QED) is 0.203. The summed E-state index contributed by atoms with van der Waals surface area (Å²) in [5.74, 6) is 0.746. The van der Waals surface area contributed by atoms with Gasteiger partial charge in [0.05, 0.1) is 20.8 Å². The smallest absolute Gasteiger partial charge is 0.343 e. The average molecular weight is 622 g/mol. The second kappa shape index (κ2) is 12.7. The van der Waals surface area contributed by atoms with Crippen LogP contribution in [0, 0.1) is 0 Å². The monoisotopic (exact) mass is 621 g/mol. The van der Waals surface area contributed by atoms with Crippen LogP contribution in [0.15, 0.2) is 71.7 Å². The van der Waals surface area contributed by atoms with E-state index in [0.717, 1.165) is 11.1 Å². The number of ether oxygens (including phenoxy) is 4. The van der Waals surface area contributed by atoms with E-state index in [1.54, 1.807) is 51.5 Å². The summed E-state index contributed by atoms with van der Waals surface area (Å²) in [5.41, 5.74) is 1.30. The van der Waals surface area contributed by atoms with Crippen LogP contribution < -0.4 is 19.8 Å². The molecule has 0 radical (unpaired) electrons. The van der Waals surface area contributed by atoms with E-state index in [0.29, 0.717) is 35.2 Å². The predicted octanol–water partition coefficient (Wildman–Crippen LogP) is 4.07. The highest BCUT2D eigenvalue weighted by atomic mass is 32.2. The summed E-state index contributed by atoms with van der Waals surface area (Å²) in [5, 5.41) is 0.536. The van der Waals surface area contributed by atoms with Gasteiger partial charge in [-0.3, -0.25) is 4.79 Å². The molecule has 1 aliphatic carbocycles. The molecule has 0 saturated heterocycles. The number of aromatic nitrogens is 2. The zero-order valence-corrected chi connectivity index (χ0v) is 25.9. The molecule has 0 bridgehead atoms. The van der Waals surface area contributed by atoms with E-state index in [9.17, 15) is 18.0 Å². The lowest BCUT2D eigenvalue weighted by Crippen LogP contribution is -2.42. The number of rotatable bonds is 13. The number of benzene rings is 2. The van der Waals surface area contributed by atoms with Gasteiger partial charge < -0.3 is 23.5 Å². The molecule has 2 heterocycles. The topological polar surface area (TPSA) is 126 Å². The van der Waals surface area contributed by atoms with Crippen LogP contribution in [0.1, 0.15) is 41.3 Å². The Bertz CT molecular complexity index is 1770. The number of sulfonamides is 1. The van der Waals surface area contributed by atoms with Crippen molar-refractivity contribution in [2.75, 3.05) is 27.4 Å². The van der Waals surface area contributed by atoms with Crippen molar-refractivity contribution in [2.45, 2.75) is 37.6 Å². The van der Waals surface area contributed by atoms with Gasteiger partial charge in [-0.15, -0.1) is 0 Å². The minimum atomic E-state index is -3.89. The Labute approximate surface area is 256 Å². The lowest BCUT2D eigenvalue weighted by molar-refractivity contribution is 0.0524. The van der Waals surface area contributed by atoms with Crippen LogP contribution in [0.3, 0.4) is 0 Å². The number of hydrogen-bond acceptors (Lipinski definition) is 9. The summed E-state index contributed by atoms with van der Waals surface area (Å²) in [7, 11) is 0.771. The van der Waals surface area contributed by atoms with Gasteiger partial charge in [0.25, 0.3) is 5.56 Å². The van der Waals surface area contributed by atoms with Gasteiger partial charge in [-0.25, -0.2) is 18.2 Å². The van der Waals surface area contributed by atoms with Gasteiger partial charge in [-0.2, -0.15) is 4.31 Å². The molecule has 12 heteroatoms. The highest BCUT2D eigenvalue weighted by molar-refractivity contribution is 7.90. The molecule has 1 aliphatic rings. The van der Waals surface area contributed by atoms with E-state index in [1.165, 1.54) is 28.2 Å². The van der Waals surface area contributed by atoms with E-state index in [-0.39, 0.29) is 37.7 Å². The normalized spacial score (nSPS) is 13.9. The summed E-state index contributed by atoms with van der Waals surface area (Å²) in [6, 6.07) is 17.7. The molecule has 2 aromatic carbocycles. The van der Waals surface area contributed by atoms with Gasteiger partial charge in [0, 0.05) is 31.7 Å². The van der Waals surface area contributed by atoms with Gasteiger partial charge in [0.1, 0.15) is 33.9 Å². The molecule has 232 valence electrons. The van der Waals surface area contributed by atoms with Gasteiger partial charge >= 0.3 is 5.97 Å². The fourth-order valence-corrected chi connectivity index (χ4v) is 7.06. The number of esters is 1. The first kappa shape index (κ1) is 31.0. The number of fused-ring (bicyclic) bond motifs is 1. The van der Waals surface area contributed by atoms with Crippen molar-refractivity contribution in [3.05, 3.63) is 93.9 Å². The Morgan fingerprint density at radius 1 is 0.955 bits per heavy atom. The number of carbonyl (C=O) groups is 1. The molecule has 11 nitrogen and oxygen atoms in total. The largest absolute Gasteiger partial charge is 0.497 e. The maximum atomic E-state index is 14.3. The maximum absolute atomic E-state index is 14.3. The second-order valence-electron chi connectivity index (χ2n) is 10.6. The summed E-state index contributed by atoms with van der Waals surface area (Å²) in [4.78, 5) is 29.7. The van der Waals surface area contributed by atoms with Gasteiger partial charge in [0.15, 0.2) is 0 Å². The first-order valence-electron chi connectivity index (χ1n) is 14.2. The standard InChI is InChI=1S/C32H35N3O8S/c1-5-42-31(37)27-18-24-14-17-33-29(28(24)34(2)30(27)36)43-21-32(15-16-32)44(38,39)35(19-22-6-10-25(40-3)11-7-22)20-23-8-12-26(41-4)13-9-23/h6-14,17-18H,5,15-16,19-21H2,1-4H3. The summed E-state index contributed by atoms with van der Waals surface area (Å²) < 4.78 is 51.9. The maximum Gasteiger partial charge on any atom is 0.343 e. The summed E-state index contributed by atoms with van der Waals surface area (Å²) in [6.07, 6.45) is 2.31. The molecule has 4 aromatic rings. The summed E-state index contributed by atoms with van der Waals surface area (Å²) in [6.45, 7) is 1.94. The minimum Gasteiger partial charge on any atom is -0.497 e. The van der Waals surface area contributed by atoms with Gasteiger partial charge in [-0.1, -0.05) is 24.3 Å². The summed E-state index contributed by atoms with van der Waals surface area (Å²) >= 11 is 0. The van der Waals surface area contributed by atoms with E-state index in [4.69, 9.17) is 18.9 Å². The Morgan fingerprint density at radius 3 is 2.02 bits per heavy atom. The third-order valence-corrected chi connectivity index (χ3v) is 10.3. The molecule has 2 aromatic heterocycles. The van der Waals surface area contributed by atoms with Crippen LogP contribution in [-0.2, 0) is 34.9 Å². The highest BCUT2D eigenvalue weighted by Crippen LogP contribution is 2.46. The van der Waals surface area contributed by atoms with Crippen LogP contribution in [0.2, 0.25) is 0 Å². The van der Waals surface area contributed by atoms with Crippen molar-refractivity contribution in [1.29, 1.82) is 0 Å². The van der Waals surface area contributed by atoms with Crippen LogP contribution in [0.25, 0.3) is 10.9 Å². The highest BCUT2D eigenvalue weighted by Gasteiger charge is 2.58. The van der Waals surface area contributed by atoms with E-state index in [2.05, 4.69) is 4.98 Å². The molecule has 0 unspecified atom stereocenters. The van der Waals surface area contributed by atoms with Crippen LogP contribution in [0.4, 0.5) is 0 Å². The molecule has 0 amide bonds. The number of hydrogen-bond donors (Lipinski definition) is 0. The van der Waals surface area contributed by atoms with Crippen molar-refractivity contribution < 1.29 is 32.2 Å². The number of nitrogens with zero attached hydrogens (tertiary/aromatic N) is 3. The zero-order chi connectivity index (χ0) is 31.5. The number of methoxy groups -OCH3 is 2. The lowest BCUT2D eigenvalue weighted by Gasteiger charge is -2.28. The Kier molecular flexibility index (Phi) is 8.93. The Morgan fingerprint density at radius 2 is 1.52 bits per heavy atom. The molecule has 0 N–H and O–H groups in total. The van der Waals surface area contributed by atoms with E-state index >= 15 is 0 Å². The Balaban J connectivity index is 1.44. The van der Waals surface area contributed by atoms with Crippen molar-refractivity contribution >= 4 is 26.9 Å². The molecule has 1 saturated carbocycles. The molecule has 44 heavy (non-hydrogen) atoms. The predicted molar refractivity (Wildman–Crippen MR) is 165 cm³/mol. The van der Waals surface area contributed by atoms with Crippen molar-refractivity contribution in [3.8, 4) is 17.4 Å². The first-order chi connectivity index (χ1) is 21.1. The second-order valence-corrected chi connectivity index (χ2v) is 13.0. The molecule has 0 atom stereocenters. The molecular formula is C32H35N3O8S. The van der Waals surface area contributed by atoms with Crippen molar-refractivity contribution in [2.24, 2.45) is 7.05 Å². The van der Waals surface area contributed by atoms with Crippen LogP contribution in [0.5, 0.6) is 17.4 Å². The van der Waals surface area contributed by atoms with Gasteiger partial charge in [-0.05, 0) is 67.3 Å². The third kappa shape index (κ3) is 6.13. The molecule has 5 rings (SSSR count). The third-order valence-electron chi connectivity index (χ3n) is 7.79. The average Bonchev–Trinajstić information content (AvgIpc) is 3.84.